The molecule has 6 heteroatoms. The van der Waals surface area contributed by atoms with E-state index in [1.807, 2.05) is 19.9 Å². The number of hydrogen-bond acceptors (Lipinski definition) is 4. The van der Waals surface area contributed by atoms with Gasteiger partial charge in [0.1, 0.15) is 0 Å². The molecule has 2 aromatic heterocycles. The molecule has 3 heterocycles. The predicted octanol–water partition coefficient (Wildman–Crippen LogP) is 1.11. The third-order valence-corrected chi connectivity index (χ3v) is 3.67. The third kappa shape index (κ3) is 2.16. The fraction of sp³-hybridized carbons (Fsp3) is 0.500. The van der Waals surface area contributed by atoms with Gasteiger partial charge in [0.05, 0.1) is 30.2 Å². The van der Waals surface area contributed by atoms with Gasteiger partial charge in [-0.3, -0.25) is 4.79 Å². The molecule has 0 atom stereocenters. The van der Waals surface area contributed by atoms with Gasteiger partial charge in [0.2, 0.25) is 0 Å². The van der Waals surface area contributed by atoms with Crippen molar-refractivity contribution >= 4 is 11.6 Å². The standard InChI is InChI=1S/C14H18N4O2/c1-9-4-12-15-5-11(10(2)18(12)17-9)13(19)16-6-14(3)7-20-8-14/h4-5H,6-8H2,1-3H3,(H,16,19). The number of rotatable bonds is 3. The SMILES string of the molecule is Cc1cc2ncc(C(=O)NCC3(C)COC3)c(C)n2n1. The molecular weight excluding hydrogens is 256 g/mol. The summed E-state index contributed by atoms with van der Waals surface area (Å²) in [4.78, 5) is 16.5. The number of carbonyl (C=O) groups is 1. The molecule has 6 nitrogen and oxygen atoms in total. The number of nitrogens with one attached hydrogen (secondary N) is 1. The van der Waals surface area contributed by atoms with Gasteiger partial charge in [0, 0.05) is 24.2 Å². The zero-order valence-corrected chi connectivity index (χ0v) is 11.9. The summed E-state index contributed by atoms with van der Waals surface area (Å²) in [6.07, 6.45) is 1.61. The first kappa shape index (κ1) is 13.1. The zero-order valence-electron chi connectivity index (χ0n) is 11.9. The average Bonchev–Trinajstić information content (AvgIpc) is 2.76. The molecule has 0 aromatic carbocycles. The van der Waals surface area contributed by atoms with Crippen LogP contribution in [0.25, 0.3) is 5.65 Å². The monoisotopic (exact) mass is 274 g/mol. The van der Waals surface area contributed by atoms with E-state index in [0.717, 1.165) is 17.0 Å². The van der Waals surface area contributed by atoms with Crippen LogP contribution in [0.2, 0.25) is 0 Å². The van der Waals surface area contributed by atoms with Gasteiger partial charge < -0.3 is 10.1 Å². The highest BCUT2D eigenvalue weighted by atomic mass is 16.5. The Morgan fingerprint density at radius 3 is 2.90 bits per heavy atom. The molecule has 0 saturated carbocycles. The fourth-order valence-corrected chi connectivity index (χ4v) is 2.33. The number of aryl methyl sites for hydroxylation is 2. The van der Waals surface area contributed by atoms with Crippen LogP contribution in [0, 0.1) is 19.3 Å². The summed E-state index contributed by atoms with van der Waals surface area (Å²) in [5.41, 5.74) is 3.07. The summed E-state index contributed by atoms with van der Waals surface area (Å²) < 4.78 is 6.89. The maximum absolute atomic E-state index is 12.3. The van der Waals surface area contributed by atoms with Crippen molar-refractivity contribution in [3.05, 3.63) is 29.2 Å². The summed E-state index contributed by atoms with van der Waals surface area (Å²) in [5, 5.41) is 7.30. The summed E-state index contributed by atoms with van der Waals surface area (Å²) >= 11 is 0. The lowest BCUT2D eigenvalue weighted by Gasteiger charge is -2.38. The van der Waals surface area contributed by atoms with E-state index in [-0.39, 0.29) is 11.3 Å². The largest absolute Gasteiger partial charge is 0.380 e. The highest BCUT2D eigenvalue weighted by molar-refractivity contribution is 5.95. The molecule has 1 saturated heterocycles. The first-order valence-corrected chi connectivity index (χ1v) is 6.66. The van der Waals surface area contributed by atoms with E-state index in [4.69, 9.17) is 4.74 Å². The van der Waals surface area contributed by atoms with Gasteiger partial charge in [-0.25, -0.2) is 9.50 Å². The van der Waals surface area contributed by atoms with Crippen LogP contribution < -0.4 is 5.32 Å². The van der Waals surface area contributed by atoms with Crippen LogP contribution in [0.1, 0.15) is 28.7 Å². The van der Waals surface area contributed by atoms with Crippen molar-refractivity contribution in [2.24, 2.45) is 5.41 Å². The molecule has 1 N–H and O–H groups in total. The van der Waals surface area contributed by atoms with E-state index in [1.165, 1.54) is 0 Å². The van der Waals surface area contributed by atoms with E-state index in [1.54, 1.807) is 10.7 Å². The number of ether oxygens (including phenoxy) is 1. The summed E-state index contributed by atoms with van der Waals surface area (Å²) in [5.74, 6) is -0.113. The third-order valence-electron chi connectivity index (χ3n) is 3.67. The lowest BCUT2D eigenvalue weighted by Crippen LogP contribution is -2.48. The Morgan fingerprint density at radius 2 is 2.25 bits per heavy atom. The summed E-state index contributed by atoms with van der Waals surface area (Å²) in [6.45, 7) is 7.89. The normalized spacial score (nSPS) is 16.9. The molecule has 0 spiro atoms. The summed E-state index contributed by atoms with van der Waals surface area (Å²) in [6, 6.07) is 1.89. The Morgan fingerprint density at radius 1 is 1.50 bits per heavy atom. The second-order valence-electron chi connectivity index (χ2n) is 5.80. The van der Waals surface area contributed by atoms with Crippen LogP contribution in [0.4, 0.5) is 0 Å². The molecule has 1 fully saturated rings. The van der Waals surface area contributed by atoms with Crippen LogP contribution >= 0.6 is 0 Å². The van der Waals surface area contributed by atoms with E-state index in [9.17, 15) is 4.79 Å². The van der Waals surface area contributed by atoms with E-state index in [2.05, 4.69) is 22.3 Å². The highest BCUT2D eigenvalue weighted by Crippen LogP contribution is 2.25. The van der Waals surface area contributed by atoms with Crippen molar-refractivity contribution in [3.63, 3.8) is 0 Å². The van der Waals surface area contributed by atoms with Gasteiger partial charge in [-0.1, -0.05) is 6.92 Å². The van der Waals surface area contributed by atoms with Gasteiger partial charge in [-0.15, -0.1) is 0 Å². The summed E-state index contributed by atoms with van der Waals surface area (Å²) in [7, 11) is 0. The van der Waals surface area contributed by atoms with Crippen molar-refractivity contribution in [2.45, 2.75) is 20.8 Å². The molecule has 0 unspecified atom stereocenters. The molecule has 0 aliphatic carbocycles. The molecule has 0 bridgehead atoms. The maximum Gasteiger partial charge on any atom is 0.254 e. The fourth-order valence-electron chi connectivity index (χ4n) is 2.33. The van der Waals surface area contributed by atoms with E-state index >= 15 is 0 Å². The molecular formula is C14H18N4O2. The maximum atomic E-state index is 12.3. The van der Waals surface area contributed by atoms with Gasteiger partial charge in [-0.2, -0.15) is 5.10 Å². The van der Waals surface area contributed by atoms with Gasteiger partial charge in [0.15, 0.2) is 5.65 Å². The van der Waals surface area contributed by atoms with Crippen LogP contribution in [0.5, 0.6) is 0 Å². The molecule has 106 valence electrons. The van der Waals surface area contributed by atoms with Crippen LogP contribution in [-0.2, 0) is 4.74 Å². The van der Waals surface area contributed by atoms with Crippen LogP contribution in [0.3, 0.4) is 0 Å². The first-order valence-electron chi connectivity index (χ1n) is 6.66. The Balaban J connectivity index is 1.82. The lowest BCUT2D eigenvalue weighted by molar-refractivity contribution is -0.0978. The number of aromatic nitrogens is 3. The number of carbonyl (C=O) groups excluding carboxylic acids is 1. The second kappa shape index (κ2) is 4.56. The minimum Gasteiger partial charge on any atom is -0.380 e. The van der Waals surface area contributed by atoms with Crippen molar-refractivity contribution in [3.8, 4) is 0 Å². The predicted molar refractivity (Wildman–Crippen MR) is 73.7 cm³/mol. The smallest absolute Gasteiger partial charge is 0.254 e. The Bertz CT molecular complexity index is 673. The Hall–Kier alpha value is -1.95. The second-order valence-corrected chi connectivity index (χ2v) is 5.80. The Labute approximate surface area is 117 Å². The van der Waals surface area contributed by atoms with Gasteiger partial charge >= 0.3 is 0 Å². The number of amides is 1. The van der Waals surface area contributed by atoms with Crippen molar-refractivity contribution in [1.29, 1.82) is 0 Å². The van der Waals surface area contributed by atoms with Crippen LogP contribution in [-0.4, -0.2) is 40.3 Å². The molecule has 1 aliphatic heterocycles. The minimum absolute atomic E-state index is 0.0589. The molecule has 2 aromatic rings. The number of fused-ring (bicyclic) bond motifs is 1. The Kier molecular flexibility index (Phi) is 2.97. The van der Waals surface area contributed by atoms with E-state index in [0.29, 0.717) is 25.3 Å². The number of nitrogens with zero attached hydrogens (tertiary/aromatic N) is 3. The lowest BCUT2D eigenvalue weighted by atomic mass is 9.88. The first-order chi connectivity index (χ1) is 9.48. The highest BCUT2D eigenvalue weighted by Gasteiger charge is 2.33. The molecule has 0 radical (unpaired) electrons. The van der Waals surface area contributed by atoms with Gasteiger partial charge in [0.25, 0.3) is 5.91 Å². The average molecular weight is 274 g/mol. The van der Waals surface area contributed by atoms with Gasteiger partial charge in [-0.05, 0) is 13.8 Å². The topological polar surface area (TPSA) is 68.5 Å². The van der Waals surface area contributed by atoms with Crippen LogP contribution in [0.15, 0.2) is 12.3 Å². The molecule has 3 rings (SSSR count). The molecule has 20 heavy (non-hydrogen) atoms. The quantitative estimate of drug-likeness (QED) is 0.910. The van der Waals surface area contributed by atoms with E-state index < -0.39 is 0 Å². The van der Waals surface area contributed by atoms with Crippen molar-refractivity contribution in [2.75, 3.05) is 19.8 Å². The molecule has 1 amide bonds. The van der Waals surface area contributed by atoms with Crippen molar-refractivity contribution in [1.82, 2.24) is 19.9 Å². The number of hydrogen-bond donors (Lipinski definition) is 1. The minimum atomic E-state index is -0.113. The molecule has 1 aliphatic rings. The zero-order chi connectivity index (χ0) is 14.3. The van der Waals surface area contributed by atoms with Crippen molar-refractivity contribution < 1.29 is 9.53 Å².